The standard InChI is InChI=1S/C18H28N2O2.ClH/c1-15-8-9-17(22-15)10-11-18(21)20(13-5-12-19)14-16-6-3-2-4-7-16;/h2-4,6-7,15,17H,5,8-14,19H2,1H3;1H. The van der Waals surface area contributed by atoms with E-state index in [1.54, 1.807) is 0 Å². The van der Waals surface area contributed by atoms with E-state index >= 15 is 0 Å². The normalized spacial score (nSPS) is 20.1. The van der Waals surface area contributed by atoms with Gasteiger partial charge < -0.3 is 15.4 Å². The van der Waals surface area contributed by atoms with Crippen molar-refractivity contribution in [2.45, 2.75) is 57.8 Å². The summed E-state index contributed by atoms with van der Waals surface area (Å²) in [5.41, 5.74) is 6.77. The van der Waals surface area contributed by atoms with Crippen LogP contribution in [0.2, 0.25) is 0 Å². The first-order valence-corrected chi connectivity index (χ1v) is 8.36. The molecule has 2 rings (SSSR count). The quantitative estimate of drug-likeness (QED) is 0.791. The number of rotatable bonds is 8. The first-order chi connectivity index (χ1) is 10.7. The lowest BCUT2D eigenvalue weighted by molar-refractivity contribution is -0.132. The highest BCUT2D eigenvalue weighted by atomic mass is 35.5. The minimum absolute atomic E-state index is 0. The third kappa shape index (κ3) is 6.90. The van der Waals surface area contributed by atoms with Gasteiger partial charge in [-0.1, -0.05) is 30.3 Å². The molecule has 0 aromatic heterocycles. The fraction of sp³-hybridized carbons (Fsp3) is 0.611. The molecule has 2 unspecified atom stereocenters. The number of amides is 1. The summed E-state index contributed by atoms with van der Waals surface area (Å²) in [5, 5.41) is 0. The maximum absolute atomic E-state index is 12.5. The Morgan fingerprint density at radius 3 is 2.65 bits per heavy atom. The van der Waals surface area contributed by atoms with Crippen molar-refractivity contribution in [3.05, 3.63) is 35.9 Å². The summed E-state index contributed by atoms with van der Waals surface area (Å²) >= 11 is 0. The van der Waals surface area contributed by atoms with E-state index in [0.29, 0.717) is 25.6 Å². The minimum atomic E-state index is 0. The second kappa shape index (κ2) is 10.6. The summed E-state index contributed by atoms with van der Waals surface area (Å²) in [6, 6.07) is 10.1. The van der Waals surface area contributed by atoms with Crippen LogP contribution < -0.4 is 5.73 Å². The highest BCUT2D eigenvalue weighted by Crippen LogP contribution is 2.23. The van der Waals surface area contributed by atoms with Crippen molar-refractivity contribution in [2.24, 2.45) is 5.73 Å². The monoisotopic (exact) mass is 340 g/mol. The Kier molecular flexibility index (Phi) is 9.22. The zero-order chi connectivity index (χ0) is 15.8. The molecule has 2 N–H and O–H groups in total. The number of carbonyl (C=O) groups excluding carboxylic acids is 1. The maximum atomic E-state index is 12.5. The Balaban J connectivity index is 0.00000264. The largest absolute Gasteiger partial charge is 0.375 e. The van der Waals surface area contributed by atoms with Crippen LogP contribution in [0.1, 0.15) is 44.6 Å². The average molecular weight is 341 g/mol. The summed E-state index contributed by atoms with van der Waals surface area (Å²) in [6.45, 7) is 4.11. The zero-order valence-electron chi connectivity index (χ0n) is 13.9. The van der Waals surface area contributed by atoms with E-state index in [1.807, 2.05) is 23.1 Å². The number of hydrogen-bond donors (Lipinski definition) is 1. The molecular weight excluding hydrogens is 312 g/mol. The van der Waals surface area contributed by atoms with Gasteiger partial charge in [-0.05, 0) is 44.7 Å². The zero-order valence-corrected chi connectivity index (χ0v) is 14.8. The van der Waals surface area contributed by atoms with Gasteiger partial charge in [-0.2, -0.15) is 0 Å². The Bertz CT molecular complexity index is 456. The van der Waals surface area contributed by atoms with E-state index < -0.39 is 0 Å². The van der Waals surface area contributed by atoms with Gasteiger partial charge in [0.1, 0.15) is 0 Å². The molecule has 1 aromatic rings. The molecule has 1 heterocycles. The van der Waals surface area contributed by atoms with E-state index in [4.69, 9.17) is 10.5 Å². The molecule has 23 heavy (non-hydrogen) atoms. The molecule has 0 bridgehead atoms. The number of ether oxygens (including phenoxy) is 1. The first kappa shape index (κ1) is 19.9. The average Bonchev–Trinajstić information content (AvgIpc) is 2.95. The Morgan fingerprint density at radius 2 is 2.04 bits per heavy atom. The predicted molar refractivity (Wildman–Crippen MR) is 95.6 cm³/mol. The molecule has 5 heteroatoms. The molecule has 4 nitrogen and oxygen atoms in total. The van der Waals surface area contributed by atoms with Gasteiger partial charge in [-0.15, -0.1) is 12.4 Å². The van der Waals surface area contributed by atoms with E-state index in [-0.39, 0.29) is 24.4 Å². The van der Waals surface area contributed by atoms with Gasteiger partial charge in [-0.25, -0.2) is 0 Å². The summed E-state index contributed by atoms with van der Waals surface area (Å²) in [4.78, 5) is 14.5. The van der Waals surface area contributed by atoms with Gasteiger partial charge in [0.25, 0.3) is 0 Å². The molecule has 130 valence electrons. The van der Waals surface area contributed by atoms with Crippen LogP contribution in [0.15, 0.2) is 30.3 Å². The first-order valence-electron chi connectivity index (χ1n) is 8.36. The molecule has 1 aliphatic heterocycles. The van der Waals surface area contributed by atoms with Crippen LogP contribution in [0.3, 0.4) is 0 Å². The van der Waals surface area contributed by atoms with Crippen molar-refractivity contribution < 1.29 is 9.53 Å². The summed E-state index contributed by atoms with van der Waals surface area (Å²) in [6.07, 6.45) is 5.03. The molecule has 0 radical (unpaired) electrons. The molecule has 1 amide bonds. The van der Waals surface area contributed by atoms with Gasteiger partial charge in [0.05, 0.1) is 12.2 Å². The van der Waals surface area contributed by atoms with Crippen molar-refractivity contribution in [1.29, 1.82) is 0 Å². The lowest BCUT2D eigenvalue weighted by Gasteiger charge is -2.23. The molecular formula is C18H29ClN2O2. The Morgan fingerprint density at radius 1 is 1.30 bits per heavy atom. The van der Waals surface area contributed by atoms with Gasteiger partial charge in [0.2, 0.25) is 5.91 Å². The Labute approximate surface area is 145 Å². The number of halogens is 1. The lowest BCUT2D eigenvalue weighted by Crippen LogP contribution is -2.33. The van der Waals surface area contributed by atoms with E-state index in [2.05, 4.69) is 19.1 Å². The minimum Gasteiger partial charge on any atom is -0.375 e. The predicted octanol–water partition coefficient (Wildman–Crippen LogP) is 3.13. The fourth-order valence-electron chi connectivity index (χ4n) is 2.92. The highest BCUT2D eigenvalue weighted by molar-refractivity contribution is 5.85. The molecule has 1 fully saturated rings. The number of nitrogens with zero attached hydrogens (tertiary/aromatic N) is 1. The van der Waals surface area contributed by atoms with E-state index in [0.717, 1.165) is 32.2 Å². The molecule has 0 aliphatic carbocycles. The van der Waals surface area contributed by atoms with Gasteiger partial charge in [-0.3, -0.25) is 4.79 Å². The number of hydrogen-bond acceptors (Lipinski definition) is 3. The second-order valence-electron chi connectivity index (χ2n) is 6.13. The summed E-state index contributed by atoms with van der Waals surface area (Å²) in [7, 11) is 0. The van der Waals surface area contributed by atoms with Crippen LogP contribution in [0.25, 0.3) is 0 Å². The Hall–Kier alpha value is -1.10. The molecule has 1 saturated heterocycles. The van der Waals surface area contributed by atoms with Crippen molar-refractivity contribution in [3.8, 4) is 0 Å². The number of carbonyl (C=O) groups is 1. The van der Waals surface area contributed by atoms with Crippen molar-refractivity contribution in [2.75, 3.05) is 13.1 Å². The van der Waals surface area contributed by atoms with Crippen LogP contribution in [0, 0.1) is 0 Å². The second-order valence-corrected chi connectivity index (χ2v) is 6.13. The van der Waals surface area contributed by atoms with E-state index in [1.165, 1.54) is 5.56 Å². The molecule has 0 spiro atoms. The highest BCUT2D eigenvalue weighted by Gasteiger charge is 2.23. The third-order valence-corrected chi connectivity index (χ3v) is 4.20. The number of nitrogens with two attached hydrogens (primary N) is 1. The van der Waals surface area contributed by atoms with Crippen molar-refractivity contribution in [3.63, 3.8) is 0 Å². The van der Waals surface area contributed by atoms with Crippen LogP contribution in [-0.2, 0) is 16.1 Å². The molecule has 2 atom stereocenters. The molecule has 1 aromatic carbocycles. The summed E-state index contributed by atoms with van der Waals surface area (Å²) < 4.78 is 5.80. The van der Waals surface area contributed by atoms with Crippen LogP contribution in [0.4, 0.5) is 0 Å². The lowest BCUT2D eigenvalue weighted by atomic mass is 10.1. The maximum Gasteiger partial charge on any atom is 0.222 e. The van der Waals surface area contributed by atoms with Crippen LogP contribution >= 0.6 is 12.4 Å². The van der Waals surface area contributed by atoms with Crippen LogP contribution in [-0.4, -0.2) is 36.1 Å². The third-order valence-electron chi connectivity index (χ3n) is 4.20. The fourth-order valence-corrected chi connectivity index (χ4v) is 2.92. The number of benzene rings is 1. The van der Waals surface area contributed by atoms with Gasteiger partial charge >= 0.3 is 0 Å². The van der Waals surface area contributed by atoms with Crippen molar-refractivity contribution >= 4 is 18.3 Å². The molecule has 0 saturated carbocycles. The van der Waals surface area contributed by atoms with Crippen molar-refractivity contribution in [1.82, 2.24) is 4.90 Å². The summed E-state index contributed by atoms with van der Waals surface area (Å²) in [5.74, 6) is 0.209. The molecule has 1 aliphatic rings. The smallest absolute Gasteiger partial charge is 0.222 e. The SMILES string of the molecule is CC1CCC(CCC(=O)N(CCCN)Cc2ccccc2)O1.Cl. The van der Waals surface area contributed by atoms with E-state index in [9.17, 15) is 4.79 Å². The van der Waals surface area contributed by atoms with Gasteiger partial charge in [0, 0.05) is 19.5 Å². The van der Waals surface area contributed by atoms with Gasteiger partial charge in [0.15, 0.2) is 0 Å². The topological polar surface area (TPSA) is 55.6 Å². The van der Waals surface area contributed by atoms with Crippen LogP contribution in [0.5, 0.6) is 0 Å².